The van der Waals surface area contributed by atoms with Gasteiger partial charge in [-0.2, -0.15) is 13.2 Å². The predicted molar refractivity (Wildman–Crippen MR) is 71.7 cm³/mol. The number of halogens is 3. The molecule has 0 radical (unpaired) electrons. The maximum Gasteiger partial charge on any atom is 0.393 e. The summed E-state index contributed by atoms with van der Waals surface area (Å²) in [6.45, 7) is 3.20. The summed E-state index contributed by atoms with van der Waals surface area (Å²) >= 11 is 0. The van der Waals surface area contributed by atoms with E-state index in [4.69, 9.17) is 4.74 Å². The molecule has 2 rings (SSSR count). The lowest BCUT2D eigenvalue weighted by Crippen LogP contribution is -2.53. The van der Waals surface area contributed by atoms with Crippen molar-refractivity contribution >= 4 is 5.91 Å². The fourth-order valence-corrected chi connectivity index (χ4v) is 3.02. The van der Waals surface area contributed by atoms with Crippen molar-refractivity contribution < 1.29 is 22.7 Å². The molecule has 0 bridgehead atoms. The Bertz CT molecular complexity index is 349. The van der Waals surface area contributed by atoms with Gasteiger partial charge in [-0.05, 0) is 38.5 Å². The van der Waals surface area contributed by atoms with E-state index in [2.05, 4.69) is 10.6 Å². The molecule has 2 aliphatic rings. The summed E-state index contributed by atoms with van der Waals surface area (Å²) in [6, 6.07) is -0.477. The van der Waals surface area contributed by atoms with E-state index < -0.39 is 18.1 Å². The first-order chi connectivity index (χ1) is 9.88. The molecule has 2 N–H and O–H groups in total. The third-order valence-corrected chi connectivity index (χ3v) is 4.54. The van der Waals surface area contributed by atoms with Crippen molar-refractivity contribution in [3.63, 3.8) is 0 Å². The zero-order valence-corrected chi connectivity index (χ0v) is 12.2. The maximum absolute atomic E-state index is 12.6. The molecule has 1 amide bonds. The van der Waals surface area contributed by atoms with Crippen LogP contribution in [-0.4, -0.2) is 43.9 Å². The van der Waals surface area contributed by atoms with E-state index in [0.29, 0.717) is 19.1 Å². The number of piperidine rings is 1. The van der Waals surface area contributed by atoms with Crippen LogP contribution >= 0.6 is 0 Å². The second-order valence-corrected chi connectivity index (χ2v) is 6.02. The van der Waals surface area contributed by atoms with Crippen LogP contribution in [0.2, 0.25) is 0 Å². The van der Waals surface area contributed by atoms with Crippen LogP contribution in [0.25, 0.3) is 0 Å². The lowest BCUT2D eigenvalue weighted by Gasteiger charge is -2.33. The fraction of sp³-hybridized carbons (Fsp3) is 0.929. The van der Waals surface area contributed by atoms with Gasteiger partial charge in [0.2, 0.25) is 5.91 Å². The highest BCUT2D eigenvalue weighted by Gasteiger charge is 2.42. The summed E-state index contributed by atoms with van der Waals surface area (Å²) < 4.78 is 43.0. The summed E-state index contributed by atoms with van der Waals surface area (Å²) in [4.78, 5) is 12.1. The van der Waals surface area contributed by atoms with Gasteiger partial charge < -0.3 is 15.4 Å². The zero-order chi connectivity index (χ0) is 15.5. The van der Waals surface area contributed by atoms with Crippen LogP contribution in [0.15, 0.2) is 0 Å². The molecule has 2 heterocycles. The van der Waals surface area contributed by atoms with Gasteiger partial charge in [-0.15, -0.1) is 0 Å². The van der Waals surface area contributed by atoms with Crippen LogP contribution in [0, 0.1) is 11.8 Å². The Balaban J connectivity index is 1.76. The number of hydrogen-bond acceptors (Lipinski definition) is 3. The standard InChI is InChI=1S/C14H23F3N2O2/c1-9(10-4-6-21-7-5-10)19-13(20)12-3-2-11(8-18-12)14(15,16)17/h9-12,18H,2-8H2,1H3,(H,19,20). The predicted octanol–water partition coefficient (Wildman–Crippen LogP) is 1.85. The van der Waals surface area contributed by atoms with Crippen molar-refractivity contribution in [2.75, 3.05) is 19.8 Å². The quantitative estimate of drug-likeness (QED) is 0.836. The van der Waals surface area contributed by atoms with E-state index in [1.165, 1.54) is 0 Å². The normalized spacial score (nSPS) is 29.9. The molecule has 21 heavy (non-hydrogen) atoms. The topological polar surface area (TPSA) is 50.4 Å². The van der Waals surface area contributed by atoms with Crippen LogP contribution < -0.4 is 10.6 Å². The number of ether oxygens (including phenoxy) is 1. The highest BCUT2D eigenvalue weighted by molar-refractivity contribution is 5.82. The van der Waals surface area contributed by atoms with Gasteiger partial charge in [0, 0.05) is 25.8 Å². The average Bonchev–Trinajstić information content (AvgIpc) is 2.47. The van der Waals surface area contributed by atoms with Crippen LogP contribution in [0.3, 0.4) is 0 Å². The molecular formula is C14H23F3N2O2. The molecule has 3 unspecified atom stereocenters. The van der Waals surface area contributed by atoms with Gasteiger partial charge in [-0.3, -0.25) is 4.79 Å². The minimum Gasteiger partial charge on any atom is -0.381 e. The Morgan fingerprint density at radius 3 is 2.43 bits per heavy atom. The second-order valence-electron chi connectivity index (χ2n) is 6.02. The molecule has 0 saturated carbocycles. The van der Waals surface area contributed by atoms with E-state index >= 15 is 0 Å². The van der Waals surface area contributed by atoms with Gasteiger partial charge in [0.05, 0.1) is 12.0 Å². The van der Waals surface area contributed by atoms with E-state index in [1.54, 1.807) is 0 Å². The lowest BCUT2D eigenvalue weighted by atomic mass is 9.91. The van der Waals surface area contributed by atoms with Gasteiger partial charge in [-0.1, -0.05) is 0 Å². The van der Waals surface area contributed by atoms with Crippen LogP contribution in [0.4, 0.5) is 13.2 Å². The van der Waals surface area contributed by atoms with Gasteiger partial charge in [0.15, 0.2) is 0 Å². The minimum absolute atomic E-state index is 0.0141. The fourth-order valence-electron chi connectivity index (χ4n) is 3.02. The first-order valence-electron chi connectivity index (χ1n) is 7.56. The summed E-state index contributed by atoms with van der Waals surface area (Å²) in [5.74, 6) is -1.14. The number of carbonyl (C=O) groups is 1. The third kappa shape index (κ3) is 4.57. The SMILES string of the molecule is CC(NC(=O)C1CCC(C(F)(F)F)CN1)C1CCOCC1. The molecule has 7 heteroatoms. The van der Waals surface area contributed by atoms with Crippen molar-refractivity contribution in [2.24, 2.45) is 11.8 Å². The van der Waals surface area contributed by atoms with Gasteiger partial charge >= 0.3 is 6.18 Å². The highest BCUT2D eigenvalue weighted by Crippen LogP contribution is 2.32. The summed E-state index contributed by atoms with van der Waals surface area (Å²) in [5, 5.41) is 5.66. The first-order valence-corrected chi connectivity index (χ1v) is 7.56. The number of nitrogens with one attached hydrogen (secondary N) is 2. The van der Waals surface area contributed by atoms with Crippen LogP contribution in [-0.2, 0) is 9.53 Å². The van der Waals surface area contributed by atoms with Crippen molar-refractivity contribution in [3.05, 3.63) is 0 Å². The third-order valence-electron chi connectivity index (χ3n) is 4.54. The summed E-state index contributed by atoms with van der Waals surface area (Å²) in [6.07, 6.45) is -2.11. The Morgan fingerprint density at radius 1 is 1.24 bits per heavy atom. The average molecular weight is 308 g/mol. The van der Waals surface area contributed by atoms with Crippen LogP contribution in [0.5, 0.6) is 0 Å². The Labute approximate surface area is 122 Å². The van der Waals surface area contributed by atoms with Gasteiger partial charge in [0.1, 0.15) is 0 Å². The smallest absolute Gasteiger partial charge is 0.381 e. The second kappa shape index (κ2) is 6.96. The van der Waals surface area contributed by atoms with E-state index in [0.717, 1.165) is 12.8 Å². The largest absolute Gasteiger partial charge is 0.393 e. The molecule has 2 aliphatic heterocycles. The van der Waals surface area contributed by atoms with Crippen molar-refractivity contribution in [1.82, 2.24) is 10.6 Å². The number of hydrogen-bond donors (Lipinski definition) is 2. The van der Waals surface area contributed by atoms with Gasteiger partial charge in [0.25, 0.3) is 0 Å². The van der Waals surface area contributed by atoms with Crippen molar-refractivity contribution in [1.29, 1.82) is 0 Å². The molecule has 0 aromatic rings. The Hall–Kier alpha value is -0.820. The summed E-state index contributed by atoms with van der Waals surface area (Å²) in [5.41, 5.74) is 0. The maximum atomic E-state index is 12.6. The highest BCUT2D eigenvalue weighted by atomic mass is 19.4. The molecule has 2 saturated heterocycles. The van der Waals surface area contributed by atoms with Crippen molar-refractivity contribution in [2.45, 2.75) is 50.9 Å². The Kier molecular flexibility index (Phi) is 5.48. The molecule has 122 valence electrons. The number of alkyl halides is 3. The number of carbonyl (C=O) groups excluding carboxylic acids is 1. The van der Waals surface area contributed by atoms with Gasteiger partial charge in [-0.25, -0.2) is 0 Å². The molecular weight excluding hydrogens is 285 g/mol. The molecule has 0 spiro atoms. The summed E-state index contributed by atoms with van der Waals surface area (Å²) in [7, 11) is 0. The molecule has 3 atom stereocenters. The minimum atomic E-state index is -4.18. The number of amides is 1. The molecule has 2 fully saturated rings. The Morgan fingerprint density at radius 2 is 1.90 bits per heavy atom. The zero-order valence-electron chi connectivity index (χ0n) is 12.2. The first kappa shape index (κ1) is 16.5. The van der Waals surface area contributed by atoms with Crippen LogP contribution in [0.1, 0.15) is 32.6 Å². The van der Waals surface area contributed by atoms with E-state index in [-0.39, 0.29) is 31.3 Å². The van der Waals surface area contributed by atoms with E-state index in [1.807, 2.05) is 6.92 Å². The molecule has 0 aromatic heterocycles. The van der Waals surface area contributed by atoms with E-state index in [9.17, 15) is 18.0 Å². The monoisotopic (exact) mass is 308 g/mol. The molecule has 4 nitrogen and oxygen atoms in total. The number of rotatable bonds is 3. The molecule has 0 aliphatic carbocycles. The lowest BCUT2D eigenvalue weighted by molar-refractivity contribution is -0.180. The van der Waals surface area contributed by atoms with Crippen molar-refractivity contribution in [3.8, 4) is 0 Å². The molecule has 0 aromatic carbocycles.